The summed E-state index contributed by atoms with van der Waals surface area (Å²) in [4.78, 5) is 23.7. The Kier molecular flexibility index (Phi) is 6.38. The number of hydrogen-bond donors (Lipinski definition) is 1. The molecule has 0 aliphatic carbocycles. The number of aryl methyl sites for hydroxylation is 1. The Bertz CT molecular complexity index is 713. The Morgan fingerprint density at radius 3 is 2.46 bits per heavy atom. The zero-order valence-corrected chi connectivity index (χ0v) is 14.5. The smallest absolute Gasteiger partial charge is 0.310 e. The van der Waals surface area contributed by atoms with Gasteiger partial charge in [0.15, 0.2) is 6.61 Å². The van der Waals surface area contributed by atoms with Gasteiger partial charge in [-0.3, -0.25) is 9.59 Å². The van der Waals surface area contributed by atoms with Gasteiger partial charge in [-0.05, 0) is 31.0 Å². The summed E-state index contributed by atoms with van der Waals surface area (Å²) in [5.74, 6) is -0.793. The van der Waals surface area contributed by atoms with Gasteiger partial charge in [0, 0.05) is 5.02 Å². The molecule has 0 heterocycles. The molecule has 2 aromatic carbocycles. The highest BCUT2D eigenvalue weighted by atomic mass is 35.5. The molecule has 0 spiro atoms. The van der Waals surface area contributed by atoms with Crippen molar-refractivity contribution in [3.8, 4) is 0 Å². The molecule has 24 heavy (non-hydrogen) atoms. The van der Waals surface area contributed by atoms with E-state index in [1.165, 1.54) is 0 Å². The Morgan fingerprint density at radius 1 is 1.12 bits per heavy atom. The lowest BCUT2D eigenvalue weighted by molar-refractivity contribution is -0.148. The van der Waals surface area contributed by atoms with Crippen molar-refractivity contribution in [3.05, 3.63) is 70.2 Å². The molecule has 1 atom stereocenters. The van der Waals surface area contributed by atoms with Crippen LogP contribution in [-0.4, -0.2) is 18.5 Å². The summed E-state index contributed by atoms with van der Waals surface area (Å²) in [6, 6.07) is 14.6. The van der Waals surface area contributed by atoms with E-state index in [2.05, 4.69) is 5.32 Å². The number of rotatable bonds is 6. The van der Waals surface area contributed by atoms with Gasteiger partial charge in [0.2, 0.25) is 0 Å². The SMILES string of the molecule is Cc1ccc(CC(=O)OCC(=O)N[C@H](C)c2ccccc2Cl)cc1. The molecule has 1 amide bonds. The topological polar surface area (TPSA) is 55.4 Å². The van der Waals surface area contributed by atoms with Gasteiger partial charge >= 0.3 is 5.97 Å². The second kappa shape index (κ2) is 8.50. The maximum Gasteiger partial charge on any atom is 0.310 e. The van der Waals surface area contributed by atoms with Crippen LogP contribution >= 0.6 is 11.6 Å². The molecule has 1 N–H and O–H groups in total. The van der Waals surface area contributed by atoms with Crippen molar-refractivity contribution in [1.82, 2.24) is 5.32 Å². The van der Waals surface area contributed by atoms with Crippen LogP contribution in [0.3, 0.4) is 0 Å². The monoisotopic (exact) mass is 345 g/mol. The molecule has 0 saturated heterocycles. The molecule has 2 rings (SSSR count). The first kappa shape index (κ1) is 18.0. The summed E-state index contributed by atoms with van der Waals surface area (Å²) in [7, 11) is 0. The lowest BCUT2D eigenvalue weighted by Gasteiger charge is -2.15. The first-order valence-electron chi connectivity index (χ1n) is 7.70. The molecule has 0 aliphatic heterocycles. The molecule has 4 nitrogen and oxygen atoms in total. The fourth-order valence-electron chi connectivity index (χ4n) is 2.26. The highest BCUT2D eigenvalue weighted by molar-refractivity contribution is 6.31. The number of benzene rings is 2. The number of halogens is 1. The van der Waals surface area contributed by atoms with E-state index in [1.807, 2.05) is 56.3 Å². The fourth-order valence-corrected chi connectivity index (χ4v) is 2.56. The zero-order valence-electron chi connectivity index (χ0n) is 13.7. The van der Waals surface area contributed by atoms with E-state index >= 15 is 0 Å². The average Bonchev–Trinajstić information content (AvgIpc) is 2.55. The number of carbonyl (C=O) groups is 2. The third kappa shape index (κ3) is 5.39. The van der Waals surface area contributed by atoms with E-state index in [9.17, 15) is 9.59 Å². The number of hydrogen-bond acceptors (Lipinski definition) is 3. The van der Waals surface area contributed by atoms with Gasteiger partial charge in [-0.25, -0.2) is 0 Å². The van der Waals surface area contributed by atoms with Crippen LogP contribution in [0.5, 0.6) is 0 Å². The van der Waals surface area contributed by atoms with Gasteiger partial charge in [-0.1, -0.05) is 59.6 Å². The molecular weight excluding hydrogens is 326 g/mol. The summed E-state index contributed by atoms with van der Waals surface area (Å²) in [6.07, 6.45) is 0.146. The molecule has 0 aliphatic rings. The molecule has 126 valence electrons. The number of ether oxygens (including phenoxy) is 1. The summed E-state index contributed by atoms with van der Waals surface area (Å²) in [5, 5.41) is 3.35. The van der Waals surface area contributed by atoms with E-state index in [0.29, 0.717) is 5.02 Å². The Balaban J connectivity index is 1.79. The molecule has 0 fully saturated rings. The highest BCUT2D eigenvalue weighted by Gasteiger charge is 2.14. The van der Waals surface area contributed by atoms with Gasteiger partial charge in [0.05, 0.1) is 12.5 Å². The second-order valence-corrected chi connectivity index (χ2v) is 6.04. The number of nitrogens with one attached hydrogen (secondary N) is 1. The van der Waals surface area contributed by atoms with Gasteiger partial charge in [-0.15, -0.1) is 0 Å². The zero-order chi connectivity index (χ0) is 17.5. The second-order valence-electron chi connectivity index (χ2n) is 5.63. The van der Waals surface area contributed by atoms with Crippen molar-refractivity contribution in [2.45, 2.75) is 26.3 Å². The number of esters is 1. The molecule has 5 heteroatoms. The number of amides is 1. The van der Waals surface area contributed by atoms with Crippen molar-refractivity contribution in [1.29, 1.82) is 0 Å². The minimum Gasteiger partial charge on any atom is -0.455 e. The fraction of sp³-hybridized carbons (Fsp3) is 0.263. The average molecular weight is 346 g/mol. The minimum absolute atomic E-state index is 0.146. The highest BCUT2D eigenvalue weighted by Crippen LogP contribution is 2.21. The Labute approximate surface area is 146 Å². The number of carbonyl (C=O) groups excluding carboxylic acids is 2. The van der Waals surface area contributed by atoms with E-state index in [1.54, 1.807) is 6.07 Å². The predicted octanol–water partition coefficient (Wildman–Crippen LogP) is 3.61. The van der Waals surface area contributed by atoms with Gasteiger partial charge < -0.3 is 10.1 Å². The molecule has 0 bridgehead atoms. The van der Waals surface area contributed by atoms with Crippen molar-refractivity contribution < 1.29 is 14.3 Å². The van der Waals surface area contributed by atoms with Crippen molar-refractivity contribution in [3.63, 3.8) is 0 Å². The first-order chi connectivity index (χ1) is 11.5. The van der Waals surface area contributed by atoms with Crippen molar-refractivity contribution >= 4 is 23.5 Å². The van der Waals surface area contributed by atoms with E-state index in [-0.39, 0.29) is 25.0 Å². The third-order valence-electron chi connectivity index (χ3n) is 3.58. The van der Waals surface area contributed by atoms with Crippen LogP contribution in [0.25, 0.3) is 0 Å². The van der Waals surface area contributed by atoms with E-state index in [4.69, 9.17) is 16.3 Å². The van der Waals surface area contributed by atoms with Crippen LogP contribution in [0.2, 0.25) is 5.02 Å². The maximum atomic E-state index is 11.9. The van der Waals surface area contributed by atoms with Gasteiger partial charge in [0.25, 0.3) is 5.91 Å². The van der Waals surface area contributed by atoms with Gasteiger partial charge in [-0.2, -0.15) is 0 Å². The van der Waals surface area contributed by atoms with Crippen LogP contribution in [0, 0.1) is 6.92 Å². The van der Waals surface area contributed by atoms with Crippen LogP contribution in [0.15, 0.2) is 48.5 Å². The predicted molar refractivity (Wildman–Crippen MR) is 93.9 cm³/mol. The van der Waals surface area contributed by atoms with Crippen LogP contribution < -0.4 is 5.32 Å². The third-order valence-corrected chi connectivity index (χ3v) is 3.93. The Hall–Kier alpha value is -2.33. The summed E-state index contributed by atoms with van der Waals surface area (Å²) >= 11 is 6.09. The molecular formula is C19H20ClNO3. The molecule has 0 radical (unpaired) electrons. The summed E-state index contributed by atoms with van der Waals surface area (Å²) < 4.78 is 5.02. The molecule has 0 unspecified atom stereocenters. The van der Waals surface area contributed by atoms with Gasteiger partial charge in [0.1, 0.15) is 0 Å². The van der Waals surface area contributed by atoms with E-state index in [0.717, 1.165) is 16.7 Å². The largest absolute Gasteiger partial charge is 0.455 e. The molecule has 0 saturated carbocycles. The minimum atomic E-state index is -0.431. The quantitative estimate of drug-likeness (QED) is 0.814. The first-order valence-corrected chi connectivity index (χ1v) is 8.08. The summed E-state index contributed by atoms with van der Waals surface area (Å²) in [6.45, 7) is 3.50. The van der Waals surface area contributed by atoms with Crippen molar-refractivity contribution in [2.75, 3.05) is 6.61 Å². The van der Waals surface area contributed by atoms with Crippen LogP contribution in [0.1, 0.15) is 29.7 Å². The standard InChI is InChI=1S/C19H20ClNO3/c1-13-7-9-15(10-8-13)11-19(23)24-12-18(22)21-14(2)16-5-3-4-6-17(16)20/h3-10,14H,11-12H2,1-2H3,(H,21,22)/t14-/m1/s1. The lowest BCUT2D eigenvalue weighted by atomic mass is 10.1. The maximum absolute atomic E-state index is 11.9. The van der Waals surface area contributed by atoms with E-state index < -0.39 is 5.97 Å². The van der Waals surface area contributed by atoms with Crippen LogP contribution in [0.4, 0.5) is 0 Å². The Morgan fingerprint density at radius 2 is 1.79 bits per heavy atom. The summed E-state index contributed by atoms with van der Waals surface area (Å²) in [5.41, 5.74) is 2.80. The lowest BCUT2D eigenvalue weighted by Crippen LogP contribution is -2.31. The molecule has 0 aromatic heterocycles. The molecule has 2 aromatic rings. The normalized spacial score (nSPS) is 11.6. The van der Waals surface area contributed by atoms with Crippen molar-refractivity contribution in [2.24, 2.45) is 0 Å². The van der Waals surface area contributed by atoms with Crippen LogP contribution in [-0.2, 0) is 20.7 Å².